The van der Waals surface area contributed by atoms with E-state index in [9.17, 15) is 9.59 Å². The second-order valence-electron chi connectivity index (χ2n) is 3.54. The summed E-state index contributed by atoms with van der Waals surface area (Å²) in [4.78, 5) is 22.1. The maximum atomic E-state index is 11.1. The molecule has 6 heteroatoms. The summed E-state index contributed by atoms with van der Waals surface area (Å²) >= 11 is 0. The zero-order chi connectivity index (χ0) is 13.7. The van der Waals surface area contributed by atoms with Crippen molar-refractivity contribution in [1.29, 1.82) is 0 Å². The van der Waals surface area contributed by atoms with Crippen molar-refractivity contribution in [1.82, 2.24) is 0 Å². The predicted molar refractivity (Wildman–Crippen MR) is 61.2 cm³/mol. The molecule has 0 spiro atoms. The zero-order valence-electron chi connectivity index (χ0n) is 9.99. The van der Waals surface area contributed by atoms with Crippen LogP contribution >= 0.6 is 0 Å². The van der Waals surface area contributed by atoms with Gasteiger partial charge in [0, 0.05) is 14.2 Å². The Morgan fingerprint density at radius 3 is 1.50 bits per heavy atom. The number of ether oxygens (including phenoxy) is 2. The molecular weight excluding hydrogens is 240 g/mol. The van der Waals surface area contributed by atoms with E-state index in [1.807, 2.05) is 0 Å². The number of carboxylic acid groups (broad SMARTS) is 2. The van der Waals surface area contributed by atoms with Gasteiger partial charge in [-0.05, 0) is 11.1 Å². The second kappa shape index (κ2) is 6.13. The number of carbonyl (C=O) groups is 2. The van der Waals surface area contributed by atoms with Crippen molar-refractivity contribution < 1.29 is 29.3 Å². The van der Waals surface area contributed by atoms with E-state index in [2.05, 4.69) is 0 Å². The normalized spacial score (nSPS) is 13.9. The molecule has 0 radical (unpaired) electrons. The zero-order valence-corrected chi connectivity index (χ0v) is 9.99. The molecule has 0 saturated heterocycles. The predicted octanol–water partition coefficient (Wildman–Crippen LogP) is 1.23. The minimum absolute atomic E-state index is 0.266. The van der Waals surface area contributed by atoms with Crippen molar-refractivity contribution >= 4 is 11.9 Å². The van der Waals surface area contributed by atoms with Gasteiger partial charge >= 0.3 is 11.9 Å². The minimum atomic E-state index is -1.22. The monoisotopic (exact) mass is 254 g/mol. The first kappa shape index (κ1) is 14.1. The van der Waals surface area contributed by atoms with Gasteiger partial charge in [-0.25, -0.2) is 9.59 Å². The lowest BCUT2D eigenvalue weighted by molar-refractivity contribution is -0.151. The van der Waals surface area contributed by atoms with Crippen LogP contribution in [0, 0.1) is 0 Å². The number of benzene rings is 1. The summed E-state index contributed by atoms with van der Waals surface area (Å²) in [5, 5.41) is 18.1. The highest BCUT2D eigenvalue weighted by molar-refractivity contribution is 5.78. The summed E-state index contributed by atoms with van der Waals surface area (Å²) in [5.41, 5.74) is 0.531. The van der Waals surface area contributed by atoms with E-state index in [1.165, 1.54) is 26.4 Å². The number of methoxy groups -OCH3 is 2. The molecule has 0 aliphatic heterocycles. The fourth-order valence-corrected chi connectivity index (χ4v) is 1.71. The van der Waals surface area contributed by atoms with E-state index in [4.69, 9.17) is 19.7 Å². The van der Waals surface area contributed by atoms with Gasteiger partial charge in [-0.3, -0.25) is 0 Å². The Hall–Kier alpha value is -1.92. The minimum Gasteiger partial charge on any atom is -0.479 e. The van der Waals surface area contributed by atoms with Crippen LogP contribution in [0.4, 0.5) is 0 Å². The maximum Gasteiger partial charge on any atom is 0.337 e. The summed E-state index contributed by atoms with van der Waals surface area (Å²) in [6.45, 7) is 0. The van der Waals surface area contributed by atoms with E-state index < -0.39 is 24.1 Å². The molecule has 2 N–H and O–H groups in total. The second-order valence-corrected chi connectivity index (χ2v) is 3.54. The molecule has 0 aromatic heterocycles. The van der Waals surface area contributed by atoms with Crippen molar-refractivity contribution in [2.24, 2.45) is 0 Å². The third-order valence-corrected chi connectivity index (χ3v) is 2.48. The van der Waals surface area contributed by atoms with Gasteiger partial charge in [-0.2, -0.15) is 0 Å². The van der Waals surface area contributed by atoms with Gasteiger partial charge in [0.25, 0.3) is 0 Å². The lowest BCUT2D eigenvalue weighted by Gasteiger charge is -2.19. The quantitative estimate of drug-likeness (QED) is 0.793. The molecule has 0 bridgehead atoms. The summed E-state index contributed by atoms with van der Waals surface area (Å²) in [6.07, 6.45) is -2.45. The molecule has 2 unspecified atom stereocenters. The molecule has 1 aromatic carbocycles. The van der Waals surface area contributed by atoms with Crippen molar-refractivity contribution in [3.05, 3.63) is 35.4 Å². The van der Waals surface area contributed by atoms with Crippen LogP contribution in [0.1, 0.15) is 23.3 Å². The molecule has 2 atom stereocenters. The molecule has 0 aliphatic carbocycles. The number of carboxylic acids is 2. The molecule has 18 heavy (non-hydrogen) atoms. The molecule has 0 fully saturated rings. The van der Waals surface area contributed by atoms with Crippen LogP contribution < -0.4 is 0 Å². The highest BCUT2D eigenvalue weighted by atomic mass is 16.5. The lowest BCUT2D eigenvalue weighted by atomic mass is 9.98. The first-order valence-electron chi connectivity index (χ1n) is 5.13. The van der Waals surface area contributed by atoms with E-state index in [0.717, 1.165) is 0 Å². The Kier molecular flexibility index (Phi) is 4.82. The van der Waals surface area contributed by atoms with Crippen LogP contribution in [-0.4, -0.2) is 36.4 Å². The van der Waals surface area contributed by atoms with E-state index in [0.29, 0.717) is 0 Å². The van der Waals surface area contributed by atoms with Crippen LogP contribution in [0.2, 0.25) is 0 Å². The number of rotatable bonds is 6. The van der Waals surface area contributed by atoms with Crippen LogP contribution in [0.25, 0.3) is 0 Å². The smallest absolute Gasteiger partial charge is 0.337 e. The average molecular weight is 254 g/mol. The van der Waals surface area contributed by atoms with Crippen LogP contribution in [0.3, 0.4) is 0 Å². The van der Waals surface area contributed by atoms with Gasteiger partial charge in [0.2, 0.25) is 0 Å². The fraction of sp³-hybridized carbons (Fsp3) is 0.333. The Bertz CT molecular complexity index is 401. The van der Waals surface area contributed by atoms with Crippen molar-refractivity contribution in [2.75, 3.05) is 14.2 Å². The van der Waals surface area contributed by atoms with Crippen molar-refractivity contribution in [2.45, 2.75) is 12.2 Å². The highest BCUT2D eigenvalue weighted by Gasteiger charge is 2.28. The van der Waals surface area contributed by atoms with Crippen molar-refractivity contribution in [3.63, 3.8) is 0 Å². The summed E-state index contributed by atoms with van der Waals surface area (Å²) < 4.78 is 9.73. The maximum absolute atomic E-state index is 11.1. The number of hydrogen-bond donors (Lipinski definition) is 2. The fourth-order valence-electron chi connectivity index (χ4n) is 1.71. The number of hydrogen-bond acceptors (Lipinski definition) is 4. The van der Waals surface area contributed by atoms with E-state index in [1.54, 1.807) is 12.1 Å². The Labute approximate surface area is 104 Å². The van der Waals surface area contributed by atoms with Gasteiger partial charge in [0.15, 0.2) is 12.2 Å². The van der Waals surface area contributed by atoms with Gasteiger partial charge in [-0.15, -0.1) is 0 Å². The van der Waals surface area contributed by atoms with Gasteiger partial charge in [0.05, 0.1) is 0 Å². The Morgan fingerprint density at radius 1 is 0.944 bits per heavy atom. The first-order valence-corrected chi connectivity index (χ1v) is 5.13. The topological polar surface area (TPSA) is 93.1 Å². The third-order valence-electron chi connectivity index (χ3n) is 2.48. The van der Waals surface area contributed by atoms with Crippen LogP contribution in [-0.2, 0) is 19.1 Å². The van der Waals surface area contributed by atoms with E-state index in [-0.39, 0.29) is 11.1 Å². The first-order chi connectivity index (χ1) is 8.52. The van der Waals surface area contributed by atoms with Crippen molar-refractivity contribution in [3.8, 4) is 0 Å². The molecule has 0 heterocycles. The van der Waals surface area contributed by atoms with E-state index >= 15 is 0 Å². The average Bonchev–Trinajstić information content (AvgIpc) is 2.32. The molecule has 98 valence electrons. The molecule has 6 nitrogen and oxygen atoms in total. The standard InChI is InChI=1S/C12H14O6/c1-17-9(11(13)14)7-5-3-4-6-8(7)10(18-2)12(15)16/h3-6,9-10H,1-2H3,(H,13,14)(H,15,16). The SMILES string of the molecule is COC(C(=O)O)c1ccccc1C(OC)C(=O)O. The van der Waals surface area contributed by atoms with Crippen LogP contribution in [0.5, 0.6) is 0 Å². The molecular formula is C12H14O6. The molecule has 0 saturated carbocycles. The number of aliphatic carboxylic acids is 2. The lowest BCUT2D eigenvalue weighted by Crippen LogP contribution is -2.20. The molecule has 1 rings (SSSR count). The Balaban J connectivity index is 3.28. The van der Waals surface area contributed by atoms with Crippen LogP contribution in [0.15, 0.2) is 24.3 Å². The third kappa shape index (κ3) is 2.85. The summed E-state index contributed by atoms with van der Waals surface area (Å²) in [7, 11) is 2.50. The molecule has 1 aromatic rings. The molecule has 0 aliphatic rings. The summed E-state index contributed by atoms with van der Waals surface area (Å²) in [5.74, 6) is -2.38. The van der Waals surface area contributed by atoms with Gasteiger partial charge in [-0.1, -0.05) is 24.3 Å². The molecule has 0 amide bonds. The largest absolute Gasteiger partial charge is 0.479 e. The highest BCUT2D eigenvalue weighted by Crippen LogP contribution is 2.28. The van der Waals surface area contributed by atoms with Gasteiger partial charge in [0.1, 0.15) is 0 Å². The Morgan fingerprint density at radius 2 is 1.28 bits per heavy atom. The van der Waals surface area contributed by atoms with Gasteiger partial charge < -0.3 is 19.7 Å². The summed E-state index contributed by atoms with van der Waals surface area (Å²) in [6, 6.07) is 6.24.